The first-order valence-electron chi connectivity index (χ1n) is 5.95. The molecular weight excluding hydrogens is 276 g/mol. The number of hydrogen-bond acceptors (Lipinski definition) is 4. The molecule has 0 aliphatic rings. The third-order valence-corrected chi connectivity index (χ3v) is 2.66. The maximum absolute atomic E-state index is 11.5. The van der Waals surface area contributed by atoms with Gasteiger partial charge < -0.3 is 0 Å². The Labute approximate surface area is 121 Å². The minimum atomic E-state index is -0.325. The van der Waals surface area contributed by atoms with Crippen LogP contribution >= 0.6 is 11.6 Å². The van der Waals surface area contributed by atoms with E-state index in [1.807, 2.05) is 12.1 Å². The highest BCUT2D eigenvalue weighted by atomic mass is 35.5. The summed E-state index contributed by atoms with van der Waals surface area (Å²) in [4.78, 5) is 19.5. The number of halogens is 1. The molecule has 1 aromatic heterocycles. The molecule has 1 amide bonds. The van der Waals surface area contributed by atoms with E-state index in [2.05, 4.69) is 20.8 Å². The number of benzene rings is 1. The Morgan fingerprint density at radius 1 is 1.20 bits per heavy atom. The van der Waals surface area contributed by atoms with Crippen molar-refractivity contribution in [3.05, 3.63) is 59.4 Å². The molecule has 1 heterocycles. The number of aliphatic imine (C=N–C) groups is 1. The normalized spacial score (nSPS) is 10.7. The van der Waals surface area contributed by atoms with Crippen LogP contribution in [-0.2, 0) is 11.3 Å². The highest BCUT2D eigenvalue weighted by molar-refractivity contribution is 6.30. The van der Waals surface area contributed by atoms with E-state index in [0.29, 0.717) is 17.3 Å². The summed E-state index contributed by atoms with van der Waals surface area (Å²) in [6.45, 7) is 0.517. The van der Waals surface area contributed by atoms with Gasteiger partial charge in [0.25, 0.3) is 5.91 Å². The number of hydrazine groups is 1. The van der Waals surface area contributed by atoms with Crippen molar-refractivity contribution in [1.82, 2.24) is 15.8 Å². The lowest BCUT2D eigenvalue weighted by molar-refractivity contribution is -0.115. The quantitative estimate of drug-likeness (QED) is 0.655. The van der Waals surface area contributed by atoms with Crippen LogP contribution in [0.1, 0.15) is 5.56 Å². The van der Waals surface area contributed by atoms with E-state index in [0.717, 1.165) is 5.56 Å². The molecule has 5 nitrogen and oxygen atoms in total. The Balaban J connectivity index is 1.76. The van der Waals surface area contributed by atoms with E-state index in [-0.39, 0.29) is 5.91 Å². The number of rotatable bonds is 5. The minimum Gasteiger partial charge on any atom is -0.286 e. The van der Waals surface area contributed by atoms with Crippen LogP contribution in [-0.4, -0.2) is 17.1 Å². The van der Waals surface area contributed by atoms with E-state index >= 15 is 0 Å². The van der Waals surface area contributed by atoms with Crippen LogP contribution in [0.5, 0.6) is 0 Å². The topological polar surface area (TPSA) is 66.4 Å². The van der Waals surface area contributed by atoms with Gasteiger partial charge in [0.05, 0.1) is 11.9 Å². The summed E-state index contributed by atoms with van der Waals surface area (Å²) in [6.07, 6.45) is 4.60. The first kappa shape index (κ1) is 14.2. The fraction of sp³-hybridized carbons (Fsp3) is 0.0714. The van der Waals surface area contributed by atoms with Crippen LogP contribution < -0.4 is 10.9 Å². The summed E-state index contributed by atoms with van der Waals surface area (Å²) < 4.78 is 0. The molecule has 0 aliphatic carbocycles. The largest absolute Gasteiger partial charge is 0.286 e. The number of carbonyl (C=O) groups excluding carboxylic acids is 1. The Bertz CT molecular complexity index is 584. The van der Waals surface area contributed by atoms with Crippen molar-refractivity contribution in [2.45, 2.75) is 6.54 Å². The highest BCUT2D eigenvalue weighted by Crippen LogP contribution is 2.15. The molecule has 6 heteroatoms. The number of hydrogen-bond donors (Lipinski definition) is 2. The molecule has 102 valence electrons. The van der Waals surface area contributed by atoms with Crippen LogP contribution in [0.15, 0.2) is 53.8 Å². The van der Waals surface area contributed by atoms with E-state index < -0.39 is 0 Å². The van der Waals surface area contributed by atoms with Gasteiger partial charge in [-0.15, -0.1) is 0 Å². The Morgan fingerprint density at radius 3 is 2.60 bits per heavy atom. The monoisotopic (exact) mass is 288 g/mol. The maximum Gasteiger partial charge on any atom is 0.276 e. The average Bonchev–Trinajstić information content (AvgIpc) is 2.48. The summed E-state index contributed by atoms with van der Waals surface area (Å²) in [5, 5.41) is 0.632. The Hall–Kier alpha value is -2.24. The molecule has 2 aromatic rings. The SMILES string of the molecule is O=C(C=Nc1ccc(Cl)cc1)NNCc1ccncc1. The van der Waals surface area contributed by atoms with Crippen molar-refractivity contribution in [1.29, 1.82) is 0 Å². The molecule has 0 fully saturated rings. The highest BCUT2D eigenvalue weighted by Gasteiger charge is 1.96. The van der Waals surface area contributed by atoms with Gasteiger partial charge in [-0.2, -0.15) is 0 Å². The van der Waals surface area contributed by atoms with Crippen molar-refractivity contribution in [2.24, 2.45) is 4.99 Å². The number of aromatic nitrogens is 1. The molecule has 2 N–H and O–H groups in total. The molecule has 0 atom stereocenters. The molecular formula is C14H13ClN4O. The van der Waals surface area contributed by atoms with Gasteiger partial charge in [-0.1, -0.05) is 11.6 Å². The van der Waals surface area contributed by atoms with Crippen LogP contribution in [0.2, 0.25) is 5.02 Å². The molecule has 0 radical (unpaired) electrons. The molecule has 20 heavy (non-hydrogen) atoms. The second kappa shape index (κ2) is 7.37. The minimum absolute atomic E-state index is 0.325. The van der Waals surface area contributed by atoms with Gasteiger partial charge in [0.2, 0.25) is 0 Å². The van der Waals surface area contributed by atoms with Gasteiger partial charge in [-0.25, -0.2) is 5.43 Å². The number of nitrogens with zero attached hydrogens (tertiary/aromatic N) is 2. The second-order valence-electron chi connectivity index (χ2n) is 3.93. The zero-order valence-corrected chi connectivity index (χ0v) is 11.3. The average molecular weight is 289 g/mol. The number of nitrogens with one attached hydrogen (secondary N) is 2. The van der Waals surface area contributed by atoms with Gasteiger partial charge in [0.1, 0.15) is 0 Å². The molecule has 1 aromatic carbocycles. The van der Waals surface area contributed by atoms with Crippen LogP contribution in [0, 0.1) is 0 Å². The van der Waals surface area contributed by atoms with Crippen molar-refractivity contribution in [3.8, 4) is 0 Å². The van der Waals surface area contributed by atoms with E-state index in [4.69, 9.17) is 11.6 Å². The predicted molar refractivity (Wildman–Crippen MR) is 78.8 cm³/mol. The lowest BCUT2D eigenvalue weighted by atomic mass is 10.3. The van der Waals surface area contributed by atoms with Crippen LogP contribution in [0.25, 0.3) is 0 Å². The molecule has 0 saturated heterocycles. The summed E-state index contributed by atoms with van der Waals surface area (Å²) >= 11 is 5.76. The number of pyridine rings is 1. The first-order chi connectivity index (χ1) is 9.74. The lowest BCUT2D eigenvalue weighted by Crippen LogP contribution is -2.37. The summed E-state index contributed by atoms with van der Waals surface area (Å²) in [6, 6.07) is 10.6. The van der Waals surface area contributed by atoms with Crippen LogP contribution in [0.4, 0.5) is 5.69 Å². The van der Waals surface area contributed by atoms with Gasteiger partial charge in [0, 0.05) is 24.0 Å². The van der Waals surface area contributed by atoms with Crippen molar-refractivity contribution >= 4 is 29.4 Å². The van der Waals surface area contributed by atoms with Crippen LogP contribution in [0.3, 0.4) is 0 Å². The summed E-state index contributed by atoms with van der Waals surface area (Å²) in [5.41, 5.74) is 7.02. The third kappa shape index (κ3) is 4.79. The molecule has 0 aliphatic heterocycles. The first-order valence-corrected chi connectivity index (χ1v) is 6.33. The number of amides is 1. The van der Waals surface area contributed by atoms with Crippen molar-refractivity contribution < 1.29 is 4.79 Å². The zero-order valence-electron chi connectivity index (χ0n) is 10.6. The summed E-state index contributed by atoms with van der Waals surface area (Å²) in [7, 11) is 0. The molecule has 0 saturated carbocycles. The number of carbonyl (C=O) groups is 1. The maximum atomic E-state index is 11.5. The third-order valence-electron chi connectivity index (χ3n) is 2.41. The van der Waals surface area contributed by atoms with Crippen molar-refractivity contribution in [3.63, 3.8) is 0 Å². The second-order valence-corrected chi connectivity index (χ2v) is 4.37. The van der Waals surface area contributed by atoms with Crippen molar-refractivity contribution in [2.75, 3.05) is 0 Å². The predicted octanol–water partition coefficient (Wildman–Crippen LogP) is 2.26. The Kier molecular flexibility index (Phi) is 5.23. The van der Waals surface area contributed by atoms with Gasteiger partial charge >= 0.3 is 0 Å². The van der Waals surface area contributed by atoms with Gasteiger partial charge in [-0.3, -0.25) is 20.2 Å². The van der Waals surface area contributed by atoms with E-state index in [1.54, 1.807) is 36.7 Å². The summed E-state index contributed by atoms with van der Waals surface area (Å²) in [5.74, 6) is -0.325. The molecule has 2 rings (SSSR count). The van der Waals surface area contributed by atoms with Gasteiger partial charge in [0.15, 0.2) is 0 Å². The van der Waals surface area contributed by atoms with E-state index in [9.17, 15) is 4.79 Å². The zero-order chi connectivity index (χ0) is 14.2. The lowest BCUT2D eigenvalue weighted by Gasteiger charge is -2.04. The fourth-order valence-corrected chi connectivity index (χ4v) is 1.55. The fourth-order valence-electron chi connectivity index (χ4n) is 1.43. The molecule has 0 unspecified atom stereocenters. The molecule has 0 spiro atoms. The van der Waals surface area contributed by atoms with Gasteiger partial charge in [-0.05, 0) is 42.0 Å². The Morgan fingerprint density at radius 2 is 1.90 bits per heavy atom. The van der Waals surface area contributed by atoms with E-state index in [1.165, 1.54) is 6.21 Å². The smallest absolute Gasteiger partial charge is 0.276 e. The molecule has 0 bridgehead atoms. The standard InChI is InChI=1S/C14H13ClN4O/c15-12-1-3-13(4-2-12)17-10-14(20)19-18-9-11-5-7-16-8-6-11/h1-8,10,18H,9H2,(H,19,20).